The lowest BCUT2D eigenvalue weighted by molar-refractivity contribution is 0.528. The largest absolute Gasteiger partial charge is 0.306 e. The summed E-state index contributed by atoms with van der Waals surface area (Å²) in [6, 6.07) is 14.9. The Kier molecular flexibility index (Phi) is 4.50. The summed E-state index contributed by atoms with van der Waals surface area (Å²) in [6.45, 7) is 2.67. The van der Waals surface area contributed by atoms with Crippen LogP contribution in [-0.4, -0.2) is 0 Å². The number of benzene rings is 2. The first kappa shape index (κ1) is 13.2. The molecule has 0 amide bonds. The Balaban J connectivity index is 2.03. The van der Waals surface area contributed by atoms with E-state index in [1.807, 2.05) is 43.3 Å². The van der Waals surface area contributed by atoms with E-state index in [1.165, 1.54) is 11.6 Å². The number of hydrogen-bond donors (Lipinski definition) is 1. The normalized spacial score (nSPS) is 12.4. The maximum atomic E-state index is 13.6. The molecule has 2 rings (SSSR count). The van der Waals surface area contributed by atoms with Crippen LogP contribution in [0, 0.1) is 5.82 Å². The minimum absolute atomic E-state index is 0.0155. The number of hydrogen-bond acceptors (Lipinski definition) is 1. The molecule has 2 aromatic rings. The highest BCUT2D eigenvalue weighted by Gasteiger charge is 2.09. The maximum absolute atomic E-state index is 13.6. The van der Waals surface area contributed by atoms with Crippen molar-refractivity contribution in [2.24, 2.45) is 0 Å². The van der Waals surface area contributed by atoms with E-state index in [0.29, 0.717) is 12.1 Å². The van der Waals surface area contributed by atoms with E-state index >= 15 is 0 Å². The fraction of sp³-hybridized carbons (Fsp3) is 0.200. The summed E-state index contributed by atoms with van der Waals surface area (Å²) in [5, 5.41) is 3.33. The van der Waals surface area contributed by atoms with Gasteiger partial charge in [-0.05, 0) is 24.6 Å². The van der Waals surface area contributed by atoms with Crippen molar-refractivity contribution < 1.29 is 4.39 Å². The van der Waals surface area contributed by atoms with Crippen molar-refractivity contribution in [1.29, 1.82) is 0 Å². The average molecular weight is 308 g/mol. The first-order valence-electron chi connectivity index (χ1n) is 5.89. The molecule has 0 aliphatic carbocycles. The van der Waals surface area contributed by atoms with Gasteiger partial charge in [-0.3, -0.25) is 0 Å². The second-order valence-electron chi connectivity index (χ2n) is 4.22. The van der Waals surface area contributed by atoms with Crippen molar-refractivity contribution in [1.82, 2.24) is 5.32 Å². The lowest BCUT2D eigenvalue weighted by Gasteiger charge is -2.15. The maximum Gasteiger partial charge on any atom is 0.127 e. The van der Waals surface area contributed by atoms with E-state index in [1.54, 1.807) is 6.07 Å². The van der Waals surface area contributed by atoms with Crippen LogP contribution in [0.15, 0.2) is 53.0 Å². The summed E-state index contributed by atoms with van der Waals surface area (Å²) < 4.78 is 14.7. The summed E-state index contributed by atoms with van der Waals surface area (Å²) >= 11 is 3.50. The molecule has 1 N–H and O–H groups in total. The molecule has 0 radical (unpaired) electrons. The van der Waals surface area contributed by atoms with Gasteiger partial charge in [0.1, 0.15) is 5.82 Å². The molecule has 2 aromatic carbocycles. The van der Waals surface area contributed by atoms with Crippen LogP contribution in [0.5, 0.6) is 0 Å². The van der Waals surface area contributed by atoms with Gasteiger partial charge >= 0.3 is 0 Å². The van der Waals surface area contributed by atoms with Gasteiger partial charge in [-0.25, -0.2) is 4.39 Å². The molecule has 0 fully saturated rings. The molecule has 0 spiro atoms. The summed E-state index contributed by atoms with van der Waals surface area (Å²) in [5.41, 5.74) is 1.87. The van der Waals surface area contributed by atoms with Crippen LogP contribution in [-0.2, 0) is 6.54 Å². The molecule has 0 aliphatic rings. The first-order chi connectivity index (χ1) is 8.68. The van der Waals surface area contributed by atoms with Crippen molar-refractivity contribution >= 4 is 15.9 Å². The zero-order chi connectivity index (χ0) is 13.0. The predicted molar refractivity (Wildman–Crippen MR) is 75.8 cm³/mol. The highest BCUT2D eigenvalue weighted by atomic mass is 79.9. The Morgan fingerprint density at radius 1 is 1.11 bits per heavy atom. The quantitative estimate of drug-likeness (QED) is 0.880. The minimum Gasteiger partial charge on any atom is -0.306 e. The zero-order valence-corrected chi connectivity index (χ0v) is 11.7. The van der Waals surface area contributed by atoms with E-state index < -0.39 is 0 Å². The topological polar surface area (TPSA) is 12.0 Å². The van der Waals surface area contributed by atoms with Crippen molar-refractivity contribution in [3.05, 3.63) is 69.9 Å². The lowest BCUT2D eigenvalue weighted by atomic mass is 10.1. The predicted octanol–water partition coefficient (Wildman–Crippen LogP) is 4.44. The van der Waals surface area contributed by atoms with Gasteiger partial charge in [0.2, 0.25) is 0 Å². The third-order valence-electron chi connectivity index (χ3n) is 2.93. The van der Waals surface area contributed by atoms with Crippen LogP contribution in [0.4, 0.5) is 4.39 Å². The SMILES string of the molecule is C[C@@H](NCc1ccccc1Br)c1ccccc1F. The second-order valence-corrected chi connectivity index (χ2v) is 5.07. The second kappa shape index (κ2) is 6.12. The Labute approximate surface area is 115 Å². The Morgan fingerprint density at radius 2 is 1.78 bits per heavy atom. The monoisotopic (exact) mass is 307 g/mol. The zero-order valence-electron chi connectivity index (χ0n) is 10.2. The molecule has 0 heterocycles. The van der Waals surface area contributed by atoms with Gasteiger partial charge in [0.25, 0.3) is 0 Å². The molecule has 1 atom stereocenters. The summed E-state index contributed by atoms with van der Waals surface area (Å²) in [7, 11) is 0. The van der Waals surface area contributed by atoms with Gasteiger partial charge in [-0.2, -0.15) is 0 Å². The molecule has 1 nitrogen and oxygen atoms in total. The van der Waals surface area contributed by atoms with Crippen LogP contribution < -0.4 is 5.32 Å². The smallest absolute Gasteiger partial charge is 0.127 e. The van der Waals surface area contributed by atoms with Gasteiger partial charge in [0.15, 0.2) is 0 Å². The van der Waals surface area contributed by atoms with Crippen molar-refractivity contribution in [2.75, 3.05) is 0 Å². The number of rotatable bonds is 4. The Morgan fingerprint density at radius 3 is 2.50 bits per heavy atom. The summed E-state index contributed by atoms with van der Waals surface area (Å²) in [4.78, 5) is 0. The van der Waals surface area contributed by atoms with E-state index in [9.17, 15) is 4.39 Å². The summed E-state index contributed by atoms with van der Waals surface area (Å²) in [6.07, 6.45) is 0. The van der Waals surface area contributed by atoms with Crippen molar-refractivity contribution in [2.45, 2.75) is 19.5 Å². The van der Waals surface area contributed by atoms with Gasteiger partial charge in [0, 0.05) is 22.6 Å². The van der Waals surface area contributed by atoms with Crippen molar-refractivity contribution in [3.8, 4) is 0 Å². The Bertz CT molecular complexity index is 527. The molecule has 0 saturated heterocycles. The molecule has 94 valence electrons. The van der Waals surface area contributed by atoms with Gasteiger partial charge in [0.05, 0.1) is 0 Å². The molecule has 0 bridgehead atoms. The fourth-order valence-corrected chi connectivity index (χ4v) is 2.27. The van der Waals surface area contributed by atoms with Crippen LogP contribution >= 0.6 is 15.9 Å². The summed E-state index contributed by atoms with van der Waals surface area (Å²) in [5.74, 6) is -0.162. The van der Waals surface area contributed by atoms with Crippen LogP contribution in [0.3, 0.4) is 0 Å². The molecule has 3 heteroatoms. The minimum atomic E-state index is -0.162. The van der Waals surface area contributed by atoms with E-state index in [4.69, 9.17) is 0 Å². The molecule has 18 heavy (non-hydrogen) atoms. The fourth-order valence-electron chi connectivity index (χ4n) is 1.84. The highest BCUT2D eigenvalue weighted by molar-refractivity contribution is 9.10. The average Bonchev–Trinajstić information content (AvgIpc) is 2.38. The lowest BCUT2D eigenvalue weighted by Crippen LogP contribution is -2.19. The third kappa shape index (κ3) is 3.18. The van der Waals surface area contributed by atoms with Crippen LogP contribution in [0.2, 0.25) is 0 Å². The highest BCUT2D eigenvalue weighted by Crippen LogP contribution is 2.19. The van der Waals surface area contributed by atoms with E-state index in [2.05, 4.69) is 21.2 Å². The Hall–Kier alpha value is -1.19. The van der Waals surface area contributed by atoms with Gasteiger partial charge < -0.3 is 5.32 Å². The molecular formula is C15H15BrFN. The van der Waals surface area contributed by atoms with Gasteiger partial charge in [-0.1, -0.05) is 52.3 Å². The van der Waals surface area contributed by atoms with Crippen LogP contribution in [0.25, 0.3) is 0 Å². The van der Waals surface area contributed by atoms with E-state index in [0.717, 1.165) is 4.47 Å². The first-order valence-corrected chi connectivity index (χ1v) is 6.69. The molecule has 0 aliphatic heterocycles. The third-order valence-corrected chi connectivity index (χ3v) is 3.70. The standard InChI is InChI=1S/C15H15BrFN/c1-11(13-7-3-5-9-15(13)17)18-10-12-6-2-4-8-14(12)16/h2-9,11,18H,10H2,1H3/t11-/m1/s1. The van der Waals surface area contributed by atoms with E-state index in [-0.39, 0.29) is 11.9 Å². The molecule has 0 saturated carbocycles. The van der Waals surface area contributed by atoms with Crippen LogP contribution in [0.1, 0.15) is 24.1 Å². The molecule has 0 aromatic heterocycles. The number of nitrogens with one attached hydrogen (secondary N) is 1. The molecule has 0 unspecified atom stereocenters. The number of halogens is 2. The van der Waals surface area contributed by atoms with Crippen molar-refractivity contribution in [3.63, 3.8) is 0 Å². The molecular weight excluding hydrogens is 293 g/mol. The van der Waals surface area contributed by atoms with Gasteiger partial charge in [-0.15, -0.1) is 0 Å².